The van der Waals surface area contributed by atoms with Crippen molar-refractivity contribution in [3.8, 4) is 5.75 Å². The van der Waals surface area contributed by atoms with Gasteiger partial charge in [0, 0.05) is 23.9 Å². The minimum atomic E-state index is -0.162. The Kier molecular flexibility index (Phi) is 4.39. The summed E-state index contributed by atoms with van der Waals surface area (Å²) in [6.07, 6.45) is 3.88. The first-order valence-corrected chi connectivity index (χ1v) is 5.18. The number of phenolic OH excluding ortho intramolecular Hbond substituents is 1. The fraction of sp³-hybridized carbons (Fsp3) is 0.250. The van der Waals surface area contributed by atoms with Gasteiger partial charge in [0.25, 0.3) is 0 Å². The Morgan fingerprint density at radius 3 is 3.00 bits per heavy atom. The van der Waals surface area contributed by atoms with E-state index in [1.165, 1.54) is 18.2 Å². The highest BCUT2D eigenvalue weighted by molar-refractivity contribution is 5.92. The molecule has 0 radical (unpaired) electrons. The average Bonchev–Trinajstić information content (AvgIpc) is 2.27. The molecule has 0 aliphatic carbocycles. The standard InChI is InChI=1S/C12H16N2O2/c1-2-7-14-12(16)6-3-9-8-10(15)4-5-11(9)13/h3-6,8,15H,2,7,13H2,1H3,(H,14,16)/b6-3+. The quantitative estimate of drug-likeness (QED) is 0.409. The van der Waals surface area contributed by atoms with Crippen LogP contribution >= 0.6 is 0 Å². The molecule has 1 aromatic carbocycles. The van der Waals surface area contributed by atoms with Crippen molar-refractivity contribution in [2.75, 3.05) is 12.3 Å². The van der Waals surface area contributed by atoms with Crippen LogP contribution in [0, 0.1) is 0 Å². The lowest BCUT2D eigenvalue weighted by Crippen LogP contribution is -2.21. The number of nitrogen functional groups attached to an aromatic ring is 1. The number of phenols is 1. The van der Waals surface area contributed by atoms with Crippen LogP contribution in [0.3, 0.4) is 0 Å². The number of benzene rings is 1. The molecule has 0 fully saturated rings. The first kappa shape index (κ1) is 12.1. The van der Waals surface area contributed by atoms with E-state index in [0.29, 0.717) is 17.8 Å². The molecule has 0 saturated carbocycles. The van der Waals surface area contributed by atoms with E-state index < -0.39 is 0 Å². The molecule has 4 N–H and O–H groups in total. The summed E-state index contributed by atoms with van der Waals surface area (Å²) >= 11 is 0. The molecule has 16 heavy (non-hydrogen) atoms. The number of carbonyl (C=O) groups excluding carboxylic acids is 1. The van der Waals surface area contributed by atoms with Crippen LogP contribution < -0.4 is 11.1 Å². The number of hydrogen-bond acceptors (Lipinski definition) is 3. The highest BCUT2D eigenvalue weighted by Crippen LogP contribution is 2.19. The van der Waals surface area contributed by atoms with E-state index in [0.717, 1.165) is 6.42 Å². The van der Waals surface area contributed by atoms with Crippen molar-refractivity contribution in [1.82, 2.24) is 5.32 Å². The molecule has 0 aliphatic rings. The maximum atomic E-state index is 11.3. The number of nitrogens with two attached hydrogens (primary N) is 1. The van der Waals surface area contributed by atoms with Gasteiger partial charge in [-0.15, -0.1) is 0 Å². The van der Waals surface area contributed by atoms with Crippen molar-refractivity contribution in [1.29, 1.82) is 0 Å². The molecule has 0 saturated heterocycles. The summed E-state index contributed by atoms with van der Waals surface area (Å²) in [4.78, 5) is 11.3. The number of rotatable bonds is 4. The first-order valence-electron chi connectivity index (χ1n) is 5.18. The lowest BCUT2D eigenvalue weighted by atomic mass is 10.1. The van der Waals surface area contributed by atoms with Crippen LogP contribution in [0.1, 0.15) is 18.9 Å². The summed E-state index contributed by atoms with van der Waals surface area (Å²) in [7, 11) is 0. The summed E-state index contributed by atoms with van der Waals surface area (Å²) in [5.41, 5.74) is 6.84. The van der Waals surface area contributed by atoms with Crippen molar-refractivity contribution in [3.63, 3.8) is 0 Å². The van der Waals surface area contributed by atoms with Gasteiger partial charge in [-0.05, 0) is 30.7 Å². The third kappa shape index (κ3) is 3.65. The summed E-state index contributed by atoms with van der Waals surface area (Å²) in [5.74, 6) is -0.0348. The van der Waals surface area contributed by atoms with Gasteiger partial charge in [-0.2, -0.15) is 0 Å². The van der Waals surface area contributed by atoms with Gasteiger partial charge in [0.2, 0.25) is 5.91 Å². The lowest BCUT2D eigenvalue weighted by Gasteiger charge is -2.01. The SMILES string of the molecule is CCCNC(=O)/C=C/c1cc(O)ccc1N. The fourth-order valence-electron chi connectivity index (χ4n) is 1.18. The van der Waals surface area contributed by atoms with Gasteiger partial charge in [0.15, 0.2) is 0 Å². The molecule has 0 bridgehead atoms. The van der Waals surface area contributed by atoms with E-state index in [2.05, 4.69) is 5.32 Å². The van der Waals surface area contributed by atoms with Gasteiger partial charge in [-0.1, -0.05) is 6.92 Å². The molecule has 0 unspecified atom stereocenters. The molecule has 0 aromatic heterocycles. The van der Waals surface area contributed by atoms with Crippen molar-refractivity contribution >= 4 is 17.7 Å². The molecule has 0 heterocycles. The van der Waals surface area contributed by atoms with E-state index in [4.69, 9.17) is 5.73 Å². The van der Waals surface area contributed by atoms with E-state index in [9.17, 15) is 9.90 Å². The predicted molar refractivity (Wildman–Crippen MR) is 64.9 cm³/mol. The van der Waals surface area contributed by atoms with Gasteiger partial charge in [-0.3, -0.25) is 4.79 Å². The number of aromatic hydroxyl groups is 1. The van der Waals surface area contributed by atoms with Gasteiger partial charge in [0.1, 0.15) is 5.75 Å². The topological polar surface area (TPSA) is 75.3 Å². The zero-order valence-electron chi connectivity index (χ0n) is 9.23. The fourth-order valence-corrected chi connectivity index (χ4v) is 1.18. The number of carbonyl (C=O) groups is 1. The largest absolute Gasteiger partial charge is 0.508 e. The molecule has 4 heteroatoms. The summed E-state index contributed by atoms with van der Waals surface area (Å²) < 4.78 is 0. The first-order chi connectivity index (χ1) is 7.63. The Morgan fingerprint density at radius 1 is 1.56 bits per heavy atom. The van der Waals surface area contributed by atoms with E-state index in [1.54, 1.807) is 12.1 Å². The minimum absolute atomic E-state index is 0.128. The molecule has 0 atom stereocenters. The van der Waals surface area contributed by atoms with Gasteiger partial charge in [-0.25, -0.2) is 0 Å². The second-order valence-electron chi connectivity index (χ2n) is 3.44. The monoisotopic (exact) mass is 220 g/mol. The molecule has 0 aliphatic heterocycles. The number of anilines is 1. The number of nitrogens with one attached hydrogen (secondary N) is 1. The van der Waals surface area contributed by atoms with Gasteiger partial charge < -0.3 is 16.2 Å². The third-order valence-corrected chi connectivity index (χ3v) is 2.03. The van der Waals surface area contributed by atoms with Crippen LogP contribution in [-0.4, -0.2) is 17.6 Å². The van der Waals surface area contributed by atoms with Gasteiger partial charge in [0.05, 0.1) is 0 Å². The zero-order valence-corrected chi connectivity index (χ0v) is 9.23. The summed E-state index contributed by atoms with van der Waals surface area (Å²) in [6.45, 7) is 2.63. The highest BCUT2D eigenvalue weighted by atomic mass is 16.3. The Balaban J connectivity index is 2.68. The highest BCUT2D eigenvalue weighted by Gasteiger charge is 1.98. The van der Waals surface area contributed by atoms with Crippen LogP contribution in [0.15, 0.2) is 24.3 Å². The Hall–Kier alpha value is -1.97. The molecule has 1 amide bonds. The van der Waals surface area contributed by atoms with Crippen LogP contribution in [0.5, 0.6) is 5.75 Å². The second kappa shape index (κ2) is 5.80. The van der Waals surface area contributed by atoms with E-state index >= 15 is 0 Å². The van der Waals surface area contributed by atoms with Crippen LogP contribution in [0.25, 0.3) is 6.08 Å². The molecule has 0 spiro atoms. The van der Waals surface area contributed by atoms with Crippen molar-refractivity contribution in [3.05, 3.63) is 29.8 Å². The lowest BCUT2D eigenvalue weighted by molar-refractivity contribution is -0.116. The molecule has 1 aromatic rings. The molecular weight excluding hydrogens is 204 g/mol. The number of hydrogen-bond donors (Lipinski definition) is 3. The van der Waals surface area contributed by atoms with Crippen LogP contribution in [0.2, 0.25) is 0 Å². The molecule has 86 valence electrons. The van der Waals surface area contributed by atoms with E-state index in [1.807, 2.05) is 6.92 Å². The maximum absolute atomic E-state index is 11.3. The number of amides is 1. The Morgan fingerprint density at radius 2 is 2.31 bits per heavy atom. The maximum Gasteiger partial charge on any atom is 0.244 e. The smallest absolute Gasteiger partial charge is 0.244 e. The Labute approximate surface area is 94.8 Å². The van der Waals surface area contributed by atoms with Crippen LogP contribution in [-0.2, 0) is 4.79 Å². The van der Waals surface area contributed by atoms with Gasteiger partial charge >= 0.3 is 0 Å². The molecular formula is C12H16N2O2. The third-order valence-electron chi connectivity index (χ3n) is 2.03. The van der Waals surface area contributed by atoms with Crippen molar-refractivity contribution in [2.45, 2.75) is 13.3 Å². The van der Waals surface area contributed by atoms with Crippen LogP contribution in [0.4, 0.5) is 5.69 Å². The summed E-state index contributed by atoms with van der Waals surface area (Å²) in [5, 5.41) is 12.0. The average molecular weight is 220 g/mol. The predicted octanol–water partition coefficient (Wildman–Crippen LogP) is 1.51. The van der Waals surface area contributed by atoms with Crippen molar-refractivity contribution < 1.29 is 9.90 Å². The summed E-state index contributed by atoms with van der Waals surface area (Å²) in [6, 6.07) is 4.61. The minimum Gasteiger partial charge on any atom is -0.508 e. The zero-order chi connectivity index (χ0) is 12.0. The normalized spacial score (nSPS) is 10.6. The molecule has 4 nitrogen and oxygen atoms in total. The second-order valence-corrected chi connectivity index (χ2v) is 3.44. The Bertz CT molecular complexity index is 400. The van der Waals surface area contributed by atoms with E-state index in [-0.39, 0.29) is 11.7 Å². The molecule has 1 rings (SSSR count). The van der Waals surface area contributed by atoms with Crippen molar-refractivity contribution in [2.24, 2.45) is 0 Å².